The van der Waals surface area contributed by atoms with Crippen molar-refractivity contribution in [1.82, 2.24) is 0 Å². The first-order valence-electron chi connectivity index (χ1n) is 6.51. The second-order valence-corrected chi connectivity index (χ2v) is 5.72. The van der Waals surface area contributed by atoms with E-state index in [1.165, 1.54) is 4.90 Å². The van der Waals surface area contributed by atoms with Crippen molar-refractivity contribution in [2.45, 2.75) is 38.8 Å². The predicted octanol–water partition coefficient (Wildman–Crippen LogP) is 2.14. The van der Waals surface area contributed by atoms with Gasteiger partial charge in [0.2, 0.25) is 5.91 Å². The maximum atomic E-state index is 12.1. The van der Waals surface area contributed by atoms with Crippen LogP contribution in [0.15, 0.2) is 24.3 Å². The van der Waals surface area contributed by atoms with Crippen LogP contribution in [0.5, 0.6) is 5.75 Å². The number of β-lactam (4-membered cyclic amide) rings is 1. The molecule has 1 heterocycles. The highest BCUT2D eigenvalue weighted by molar-refractivity contribution is 6.08. The van der Waals surface area contributed by atoms with Gasteiger partial charge in [0.15, 0.2) is 0 Å². The molecule has 1 saturated heterocycles. The largest absolute Gasteiger partial charge is 0.497 e. The monoisotopic (exact) mass is 277 g/mol. The third-order valence-corrected chi connectivity index (χ3v) is 2.98. The summed E-state index contributed by atoms with van der Waals surface area (Å²) in [6, 6.07) is 6.50. The molecule has 0 aromatic heterocycles. The molecule has 0 spiro atoms. The molecule has 0 unspecified atom stereocenters. The Morgan fingerprint density at radius 2 is 1.85 bits per heavy atom. The van der Waals surface area contributed by atoms with Gasteiger partial charge in [0.05, 0.1) is 13.5 Å². The zero-order valence-electron chi connectivity index (χ0n) is 12.2. The Hall–Kier alpha value is -2.04. The van der Waals surface area contributed by atoms with E-state index >= 15 is 0 Å². The molecule has 108 valence electrons. The van der Waals surface area contributed by atoms with E-state index in [9.17, 15) is 9.59 Å². The summed E-state index contributed by atoms with van der Waals surface area (Å²) in [4.78, 5) is 25.3. The second kappa shape index (κ2) is 5.15. The van der Waals surface area contributed by atoms with Crippen molar-refractivity contribution >= 4 is 17.6 Å². The highest BCUT2D eigenvalue weighted by Gasteiger charge is 2.44. The number of benzene rings is 1. The molecular weight excluding hydrogens is 258 g/mol. The van der Waals surface area contributed by atoms with Crippen LogP contribution in [-0.2, 0) is 14.3 Å². The Labute approximate surface area is 118 Å². The summed E-state index contributed by atoms with van der Waals surface area (Å²) in [6.45, 7) is 5.43. The maximum Gasteiger partial charge on any atom is 0.330 e. The predicted molar refractivity (Wildman–Crippen MR) is 74.7 cm³/mol. The lowest BCUT2D eigenvalue weighted by atomic mass is 10.00. The van der Waals surface area contributed by atoms with Gasteiger partial charge in [-0.2, -0.15) is 0 Å². The second-order valence-electron chi connectivity index (χ2n) is 5.72. The average Bonchev–Trinajstić information content (AvgIpc) is 2.34. The molecule has 20 heavy (non-hydrogen) atoms. The molecule has 0 radical (unpaired) electrons. The summed E-state index contributed by atoms with van der Waals surface area (Å²) in [5.74, 6) is 0.259. The molecule has 1 amide bonds. The minimum absolute atomic E-state index is 0.0778. The minimum Gasteiger partial charge on any atom is -0.497 e. The van der Waals surface area contributed by atoms with Gasteiger partial charge < -0.3 is 9.47 Å². The van der Waals surface area contributed by atoms with Crippen molar-refractivity contribution in [2.75, 3.05) is 12.0 Å². The lowest BCUT2D eigenvalue weighted by molar-refractivity contribution is -0.160. The normalized spacial score (nSPS) is 18.5. The molecule has 1 aliphatic heterocycles. The van der Waals surface area contributed by atoms with Gasteiger partial charge >= 0.3 is 5.97 Å². The standard InChI is InChI=1S/C15H19NO4/c1-15(2,3)20-14(18)12-9-13(17)16(12)10-5-7-11(19-4)8-6-10/h5-8,12H,9H2,1-4H3/t12-/m0/s1. The number of hydrogen-bond donors (Lipinski definition) is 0. The maximum absolute atomic E-state index is 12.1. The van der Waals surface area contributed by atoms with Gasteiger partial charge in [-0.3, -0.25) is 9.69 Å². The third kappa shape index (κ3) is 2.92. The molecule has 1 aromatic rings. The first kappa shape index (κ1) is 14.4. The SMILES string of the molecule is COc1ccc(N2C(=O)C[C@H]2C(=O)OC(C)(C)C)cc1. The Morgan fingerprint density at radius 1 is 1.25 bits per heavy atom. The number of anilines is 1. The van der Waals surface area contributed by atoms with Crippen molar-refractivity contribution in [2.24, 2.45) is 0 Å². The smallest absolute Gasteiger partial charge is 0.330 e. The molecular formula is C15H19NO4. The lowest BCUT2D eigenvalue weighted by Crippen LogP contribution is -2.58. The fraction of sp³-hybridized carbons (Fsp3) is 0.467. The molecule has 1 atom stereocenters. The topological polar surface area (TPSA) is 55.8 Å². The number of carbonyl (C=O) groups is 2. The van der Waals surface area contributed by atoms with Crippen LogP contribution in [-0.4, -0.2) is 30.6 Å². The number of methoxy groups -OCH3 is 1. The molecule has 1 aromatic carbocycles. The van der Waals surface area contributed by atoms with E-state index in [2.05, 4.69) is 0 Å². The van der Waals surface area contributed by atoms with Crippen LogP contribution in [0.2, 0.25) is 0 Å². The fourth-order valence-corrected chi connectivity index (χ4v) is 2.04. The zero-order valence-corrected chi connectivity index (χ0v) is 12.2. The van der Waals surface area contributed by atoms with Gasteiger partial charge in [-0.25, -0.2) is 4.79 Å². The van der Waals surface area contributed by atoms with E-state index in [-0.39, 0.29) is 18.3 Å². The molecule has 5 nitrogen and oxygen atoms in total. The number of nitrogens with zero attached hydrogens (tertiary/aromatic N) is 1. The quantitative estimate of drug-likeness (QED) is 0.627. The number of ether oxygens (including phenoxy) is 2. The van der Waals surface area contributed by atoms with E-state index < -0.39 is 11.6 Å². The first-order chi connectivity index (χ1) is 9.31. The Morgan fingerprint density at radius 3 is 2.30 bits per heavy atom. The van der Waals surface area contributed by atoms with E-state index in [0.717, 1.165) is 0 Å². The van der Waals surface area contributed by atoms with E-state index in [1.54, 1.807) is 31.4 Å². The third-order valence-electron chi connectivity index (χ3n) is 2.98. The van der Waals surface area contributed by atoms with Crippen molar-refractivity contribution < 1.29 is 19.1 Å². The van der Waals surface area contributed by atoms with Gasteiger partial charge in [0, 0.05) is 5.69 Å². The molecule has 0 saturated carbocycles. The van der Waals surface area contributed by atoms with Crippen LogP contribution in [0, 0.1) is 0 Å². The number of carbonyl (C=O) groups excluding carboxylic acids is 2. The Bertz CT molecular complexity index is 516. The first-order valence-corrected chi connectivity index (χ1v) is 6.51. The summed E-state index contributed by atoms with van der Waals surface area (Å²) >= 11 is 0. The van der Waals surface area contributed by atoms with Gasteiger partial charge in [0.1, 0.15) is 17.4 Å². The van der Waals surface area contributed by atoms with Crippen LogP contribution < -0.4 is 9.64 Å². The number of amides is 1. The fourth-order valence-electron chi connectivity index (χ4n) is 2.04. The van der Waals surface area contributed by atoms with Gasteiger partial charge in [-0.15, -0.1) is 0 Å². The van der Waals surface area contributed by atoms with Gasteiger partial charge in [0.25, 0.3) is 0 Å². The average molecular weight is 277 g/mol. The van der Waals surface area contributed by atoms with Crippen LogP contribution in [0.4, 0.5) is 5.69 Å². The highest BCUT2D eigenvalue weighted by Crippen LogP contribution is 2.30. The van der Waals surface area contributed by atoms with Crippen molar-refractivity contribution in [3.05, 3.63) is 24.3 Å². The Balaban J connectivity index is 2.13. The summed E-state index contributed by atoms with van der Waals surface area (Å²) in [6.07, 6.45) is 0.195. The number of esters is 1. The van der Waals surface area contributed by atoms with Crippen LogP contribution in [0.3, 0.4) is 0 Å². The highest BCUT2D eigenvalue weighted by atomic mass is 16.6. The molecule has 2 rings (SSSR count). The summed E-state index contributed by atoms with van der Waals surface area (Å²) in [7, 11) is 1.58. The minimum atomic E-state index is -0.554. The number of rotatable bonds is 3. The molecule has 1 fully saturated rings. The summed E-state index contributed by atoms with van der Waals surface area (Å²) in [5.41, 5.74) is 0.124. The molecule has 5 heteroatoms. The summed E-state index contributed by atoms with van der Waals surface area (Å²) < 4.78 is 10.4. The van der Waals surface area contributed by atoms with E-state index in [1.807, 2.05) is 20.8 Å². The molecule has 0 N–H and O–H groups in total. The Kier molecular flexibility index (Phi) is 3.70. The molecule has 0 bridgehead atoms. The molecule has 0 aliphatic carbocycles. The van der Waals surface area contributed by atoms with Crippen LogP contribution >= 0.6 is 0 Å². The van der Waals surface area contributed by atoms with Crippen LogP contribution in [0.1, 0.15) is 27.2 Å². The lowest BCUT2D eigenvalue weighted by Gasteiger charge is -2.39. The van der Waals surface area contributed by atoms with E-state index in [0.29, 0.717) is 11.4 Å². The van der Waals surface area contributed by atoms with Gasteiger partial charge in [-0.1, -0.05) is 0 Å². The van der Waals surface area contributed by atoms with Crippen LogP contribution in [0.25, 0.3) is 0 Å². The number of hydrogen-bond acceptors (Lipinski definition) is 4. The zero-order chi connectivity index (χ0) is 14.9. The van der Waals surface area contributed by atoms with E-state index in [4.69, 9.17) is 9.47 Å². The van der Waals surface area contributed by atoms with Crippen molar-refractivity contribution in [3.8, 4) is 5.75 Å². The molecule has 1 aliphatic rings. The van der Waals surface area contributed by atoms with Gasteiger partial charge in [-0.05, 0) is 45.0 Å². The van der Waals surface area contributed by atoms with Crippen molar-refractivity contribution in [1.29, 1.82) is 0 Å². The summed E-state index contributed by atoms with van der Waals surface area (Å²) in [5, 5.41) is 0. The van der Waals surface area contributed by atoms with Crippen molar-refractivity contribution in [3.63, 3.8) is 0 Å².